The van der Waals surface area contributed by atoms with E-state index < -0.39 is 0 Å². The average Bonchev–Trinajstić information content (AvgIpc) is 2.92. The molecule has 6 heteroatoms. The molecule has 1 atom stereocenters. The van der Waals surface area contributed by atoms with E-state index in [1.54, 1.807) is 11.3 Å². The van der Waals surface area contributed by atoms with Gasteiger partial charge in [0.2, 0.25) is 11.7 Å². The summed E-state index contributed by atoms with van der Waals surface area (Å²) in [5.41, 5.74) is 0.148. The fraction of sp³-hybridized carbons (Fsp3) is 0.538. The molecule has 0 aromatic carbocycles. The zero-order valence-corrected chi connectivity index (χ0v) is 13.9. The lowest BCUT2D eigenvalue weighted by Gasteiger charge is -2.29. The van der Waals surface area contributed by atoms with E-state index in [4.69, 9.17) is 4.52 Å². The lowest BCUT2D eigenvalue weighted by atomic mass is 9.85. The van der Waals surface area contributed by atoms with Crippen LogP contribution in [-0.4, -0.2) is 23.2 Å². The third-order valence-corrected chi connectivity index (χ3v) is 4.72. The van der Waals surface area contributed by atoms with Crippen LogP contribution in [0.25, 0.3) is 10.7 Å². The molecule has 0 aliphatic rings. The number of thiophene rings is 1. The predicted molar refractivity (Wildman–Crippen MR) is 81.3 cm³/mol. The van der Waals surface area contributed by atoms with Gasteiger partial charge in [-0.2, -0.15) is 4.98 Å². The van der Waals surface area contributed by atoms with Gasteiger partial charge in [-0.15, -0.1) is 11.3 Å². The zero-order chi connectivity index (χ0) is 14.0. The number of rotatable bonds is 4. The largest absolute Gasteiger partial charge is 0.339 e. The number of nitrogens with zero attached hydrogens (tertiary/aromatic N) is 2. The lowest BCUT2D eigenvalue weighted by Crippen LogP contribution is -2.39. The van der Waals surface area contributed by atoms with Crippen LogP contribution in [0.4, 0.5) is 0 Å². The van der Waals surface area contributed by atoms with Crippen LogP contribution in [0, 0.1) is 5.41 Å². The maximum absolute atomic E-state index is 5.35. The van der Waals surface area contributed by atoms with Crippen molar-refractivity contribution in [3.05, 3.63) is 21.8 Å². The molecule has 0 saturated carbocycles. The van der Waals surface area contributed by atoms with Crippen molar-refractivity contribution in [3.8, 4) is 10.7 Å². The summed E-state index contributed by atoms with van der Waals surface area (Å²) in [6.07, 6.45) is 0.736. The Labute approximate surface area is 125 Å². The molecule has 2 heterocycles. The molecule has 19 heavy (non-hydrogen) atoms. The van der Waals surface area contributed by atoms with E-state index >= 15 is 0 Å². The molecular weight excluding hydrogens is 326 g/mol. The molecule has 2 aromatic rings. The normalized spacial score (nSPS) is 13.7. The Hall–Kier alpha value is -0.720. The monoisotopic (exact) mass is 343 g/mol. The first-order valence-corrected chi connectivity index (χ1v) is 7.81. The molecule has 2 aromatic heterocycles. The molecule has 1 unspecified atom stereocenters. The summed E-state index contributed by atoms with van der Waals surface area (Å²) in [6, 6.07) is 2.30. The van der Waals surface area contributed by atoms with Crippen molar-refractivity contribution in [1.29, 1.82) is 0 Å². The second-order valence-electron chi connectivity index (χ2n) is 5.55. The van der Waals surface area contributed by atoms with Crippen molar-refractivity contribution in [3.63, 3.8) is 0 Å². The minimum Gasteiger partial charge on any atom is -0.339 e. The van der Waals surface area contributed by atoms with Crippen molar-refractivity contribution >= 4 is 27.3 Å². The molecule has 104 valence electrons. The highest BCUT2D eigenvalue weighted by Crippen LogP contribution is 2.28. The molecule has 1 N–H and O–H groups in total. The molecule has 4 nitrogen and oxygen atoms in total. The summed E-state index contributed by atoms with van der Waals surface area (Å²) >= 11 is 5.03. The highest BCUT2D eigenvalue weighted by atomic mass is 79.9. The quantitative estimate of drug-likeness (QED) is 0.918. The van der Waals surface area contributed by atoms with Crippen molar-refractivity contribution in [2.75, 3.05) is 7.05 Å². The van der Waals surface area contributed by atoms with Crippen LogP contribution in [0.5, 0.6) is 0 Å². The van der Waals surface area contributed by atoms with E-state index in [2.05, 4.69) is 52.2 Å². The van der Waals surface area contributed by atoms with Gasteiger partial charge >= 0.3 is 0 Å². The molecule has 0 fully saturated rings. The highest BCUT2D eigenvalue weighted by molar-refractivity contribution is 9.10. The molecule has 0 radical (unpaired) electrons. The summed E-state index contributed by atoms with van der Waals surface area (Å²) in [5.74, 6) is 1.34. The number of likely N-dealkylation sites (N-methyl/N-ethyl adjacent to an activating group) is 1. The Morgan fingerprint density at radius 3 is 2.74 bits per heavy atom. The Bertz CT molecular complexity index is 544. The molecule has 0 amide bonds. The van der Waals surface area contributed by atoms with Crippen molar-refractivity contribution < 1.29 is 4.52 Å². The molecule has 0 aliphatic carbocycles. The summed E-state index contributed by atoms with van der Waals surface area (Å²) in [7, 11) is 1.96. The molecule has 0 aliphatic heterocycles. The fourth-order valence-corrected chi connectivity index (χ4v) is 3.24. The molecule has 0 bridgehead atoms. The van der Waals surface area contributed by atoms with Gasteiger partial charge < -0.3 is 9.84 Å². The van der Waals surface area contributed by atoms with Crippen LogP contribution < -0.4 is 5.32 Å². The summed E-state index contributed by atoms with van der Waals surface area (Å²) in [4.78, 5) is 5.48. The average molecular weight is 344 g/mol. The number of aromatic nitrogens is 2. The van der Waals surface area contributed by atoms with Crippen molar-refractivity contribution in [2.45, 2.75) is 33.2 Å². The standard InChI is InChI=1S/C13H18BrN3OS/c1-13(2,3)10(15-4)6-11-16-12(17-18-11)9-5-8(14)7-19-9/h5,7,10,15H,6H2,1-4H3. The Balaban J connectivity index is 2.13. The minimum atomic E-state index is 0.148. The van der Waals surface area contributed by atoms with Crippen LogP contribution in [0.15, 0.2) is 20.4 Å². The van der Waals surface area contributed by atoms with Crippen LogP contribution >= 0.6 is 27.3 Å². The molecular formula is C13H18BrN3OS. The highest BCUT2D eigenvalue weighted by Gasteiger charge is 2.25. The van der Waals surface area contributed by atoms with E-state index in [1.807, 2.05) is 18.5 Å². The first kappa shape index (κ1) is 14.7. The van der Waals surface area contributed by atoms with Gasteiger partial charge in [-0.3, -0.25) is 0 Å². The van der Waals surface area contributed by atoms with Crippen LogP contribution in [0.2, 0.25) is 0 Å². The van der Waals surface area contributed by atoms with E-state index in [9.17, 15) is 0 Å². The Morgan fingerprint density at radius 1 is 1.47 bits per heavy atom. The number of hydrogen-bond donors (Lipinski definition) is 1. The first-order valence-electron chi connectivity index (χ1n) is 6.14. The minimum absolute atomic E-state index is 0.148. The van der Waals surface area contributed by atoms with Crippen LogP contribution in [0.3, 0.4) is 0 Å². The maximum Gasteiger partial charge on any atom is 0.228 e. The molecule has 0 saturated heterocycles. The Morgan fingerprint density at radius 2 is 2.21 bits per heavy atom. The number of halogens is 1. The maximum atomic E-state index is 5.35. The Kier molecular flexibility index (Phi) is 4.43. The second-order valence-corrected chi connectivity index (χ2v) is 7.38. The molecule has 2 rings (SSSR count). The molecule has 0 spiro atoms. The topological polar surface area (TPSA) is 51.0 Å². The number of hydrogen-bond acceptors (Lipinski definition) is 5. The van der Waals surface area contributed by atoms with E-state index in [-0.39, 0.29) is 5.41 Å². The van der Waals surface area contributed by atoms with Crippen LogP contribution in [0.1, 0.15) is 26.7 Å². The van der Waals surface area contributed by atoms with Gasteiger partial charge in [0.1, 0.15) is 0 Å². The van der Waals surface area contributed by atoms with Gasteiger partial charge in [0, 0.05) is 22.3 Å². The smallest absolute Gasteiger partial charge is 0.228 e. The van der Waals surface area contributed by atoms with Gasteiger partial charge in [0.25, 0.3) is 0 Å². The summed E-state index contributed by atoms with van der Waals surface area (Å²) < 4.78 is 6.39. The van der Waals surface area contributed by atoms with Crippen molar-refractivity contribution in [1.82, 2.24) is 15.5 Å². The van der Waals surface area contributed by atoms with Gasteiger partial charge in [0.15, 0.2) is 0 Å². The van der Waals surface area contributed by atoms with Gasteiger partial charge in [-0.1, -0.05) is 25.9 Å². The van der Waals surface area contributed by atoms with Gasteiger partial charge in [0.05, 0.1) is 4.88 Å². The number of nitrogens with one attached hydrogen (secondary N) is 1. The third-order valence-electron chi connectivity index (χ3n) is 3.03. The summed E-state index contributed by atoms with van der Waals surface area (Å²) in [5, 5.41) is 9.37. The van der Waals surface area contributed by atoms with Gasteiger partial charge in [-0.05, 0) is 34.5 Å². The van der Waals surface area contributed by atoms with E-state index in [0.717, 1.165) is 15.8 Å². The third kappa shape index (κ3) is 3.64. The van der Waals surface area contributed by atoms with Crippen molar-refractivity contribution in [2.24, 2.45) is 5.41 Å². The van der Waals surface area contributed by atoms with E-state index in [1.165, 1.54) is 0 Å². The van der Waals surface area contributed by atoms with Gasteiger partial charge in [-0.25, -0.2) is 0 Å². The second kappa shape index (κ2) is 5.73. The summed E-state index contributed by atoms with van der Waals surface area (Å²) in [6.45, 7) is 6.59. The zero-order valence-electron chi connectivity index (χ0n) is 11.5. The lowest BCUT2D eigenvalue weighted by molar-refractivity contribution is 0.255. The SMILES string of the molecule is CNC(Cc1nc(-c2cc(Br)cs2)no1)C(C)(C)C. The van der Waals surface area contributed by atoms with E-state index in [0.29, 0.717) is 17.8 Å². The fourth-order valence-electron chi connectivity index (χ4n) is 1.88. The first-order chi connectivity index (χ1) is 8.90. The predicted octanol–water partition coefficient (Wildman–Crippen LogP) is 3.74. The van der Waals surface area contributed by atoms with Crippen LogP contribution in [-0.2, 0) is 6.42 Å².